The number of carbonyl (C=O) groups excluding carboxylic acids is 1. The van der Waals surface area contributed by atoms with Gasteiger partial charge >= 0.3 is 0 Å². The highest BCUT2D eigenvalue weighted by Crippen LogP contribution is 2.40. The molecule has 7 nitrogen and oxygen atoms in total. The van der Waals surface area contributed by atoms with Gasteiger partial charge in [-0.1, -0.05) is 48.5 Å². The van der Waals surface area contributed by atoms with E-state index in [1.165, 1.54) is 11.0 Å². The predicted octanol–water partition coefficient (Wildman–Crippen LogP) is 2.09. The van der Waals surface area contributed by atoms with Gasteiger partial charge in [-0.25, -0.2) is 0 Å². The number of aromatic hydroxyl groups is 1. The van der Waals surface area contributed by atoms with Crippen molar-refractivity contribution in [1.82, 2.24) is 9.58 Å². The number of aromatic nitrogens is 1. The maximum absolute atomic E-state index is 13.0. The van der Waals surface area contributed by atoms with E-state index in [4.69, 9.17) is 4.74 Å². The molecule has 5 rings (SSSR count). The summed E-state index contributed by atoms with van der Waals surface area (Å²) < 4.78 is 7.67. The molecule has 0 unspecified atom stereocenters. The van der Waals surface area contributed by atoms with Gasteiger partial charge in [0.2, 0.25) is 5.43 Å². The lowest BCUT2D eigenvalue weighted by Gasteiger charge is -2.47. The Bertz CT molecular complexity index is 1160. The fourth-order valence-corrected chi connectivity index (χ4v) is 4.13. The van der Waals surface area contributed by atoms with Crippen molar-refractivity contribution in [2.24, 2.45) is 0 Å². The molecule has 1 N–H and O–H groups in total. The topological polar surface area (TPSA) is 75.0 Å². The molecule has 3 aromatic rings. The smallest absolute Gasteiger partial charge is 0.277 e. The number of likely N-dealkylation sites (N-methyl/N-ethyl adjacent to an activating group) is 1. The van der Waals surface area contributed by atoms with Crippen molar-refractivity contribution in [3.05, 3.63) is 93.9 Å². The monoisotopic (exact) mass is 389 g/mol. The van der Waals surface area contributed by atoms with Crippen LogP contribution in [-0.4, -0.2) is 40.4 Å². The van der Waals surface area contributed by atoms with Crippen LogP contribution >= 0.6 is 0 Å². The molecule has 2 aliphatic rings. The molecule has 0 fully saturated rings. The Morgan fingerprint density at radius 3 is 2.52 bits per heavy atom. The lowest BCUT2D eigenvalue weighted by atomic mass is 9.97. The molecule has 0 saturated carbocycles. The normalized spacial score (nSPS) is 20.2. The molecular weight excluding hydrogens is 370 g/mol. The van der Waals surface area contributed by atoms with Crippen molar-refractivity contribution in [3.63, 3.8) is 0 Å². The number of rotatable bonds is 1. The number of ether oxygens (including phenoxy) is 1. The molecule has 0 bridgehead atoms. The number of pyridine rings is 1. The zero-order valence-electron chi connectivity index (χ0n) is 15.7. The number of hydrogen-bond acceptors (Lipinski definition) is 5. The van der Waals surface area contributed by atoms with E-state index in [1.54, 1.807) is 17.9 Å². The molecule has 0 saturated heterocycles. The van der Waals surface area contributed by atoms with Crippen molar-refractivity contribution < 1.29 is 14.6 Å². The van der Waals surface area contributed by atoms with Crippen LogP contribution in [0.15, 0.2) is 71.7 Å². The van der Waals surface area contributed by atoms with Gasteiger partial charge in [-0.15, -0.1) is 0 Å². The number of para-hydroxylation sites is 1. The van der Waals surface area contributed by atoms with Crippen molar-refractivity contribution in [1.29, 1.82) is 0 Å². The third-order valence-corrected chi connectivity index (χ3v) is 5.56. The second-order valence-corrected chi connectivity index (χ2v) is 7.16. The van der Waals surface area contributed by atoms with Gasteiger partial charge in [-0.3, -0.25) is 19.3 Å². The Morgan fingerprint density at radius 1 is 1.00 bits per heavy atom. The SMILES string of the molecule is CN1C(=O)c2c(O)c(=O)ccn2N2[C@H](c3ccccc3)c3ccccc3OC[C@@H]12. The highest BCUT2D eigenvalue weighted by atomic mass is 16.5. The minimum Gasteiger partial charge on any atom is -0.502 e. The third-order valence-electron chi connectivity index (χ3n) is 5.56. The summed E-state index contributed by atoms with van der Waals surface area (Å²) in [5.74, 6) is -0.237. The Morgan fingerprint density at radius 2 is 1.72 bits per heavy atom. The van der Waals surface area contributed by atoms with E-state index in [-0.39, 0.29) is 18.3 Å². The van der Waals surface area contributed by atoms with E-state index in [9.17, 15) is 14.7 Å². The number of nitrogens with zero attached hydrogens (tertiary/aromatic N) is 3. The van der Waals surface area contributed by atoms with E-state index in [2.05, 4.69) is 0 Å². The van der Waals surface area contributed by atoms with Crippen molar-refractivity contribution >= 4 is 5.91 Å². The van der Waals surface area contributed by atoms with Crippen molar-refractivity contribution in [3.8, 4) is 11.5 Å². The van der Waals surface area contributed by atoms with E-state index in [0.717, 1.165) is 16.9 Å². The first kappa shape index (κ1) is 17.4. The second-order valence-electron chi connectivity index (χ2n) is 7.16. The molecule has 146 valence electrons. The van der Waals surface area contributed by atoms with Gasteiger partial charge in [0.15, 0.2) is 17.6 Å². The first-order chi connectivity index (χ1) is 14.1. The average Bonchev–Trinajstić information content (AvgIpc) is 2.92. The molecule has 1 aromatic heterocycles. The summed E-state index contributed by atoms with van der Waals surface area (Å²) >= 11 is 0. The van der Waals surface area contributed by atoms with E-state index in [0.29, 0.717) is 0 Å². The van der Waals surface area contributed by atoms with E-state index in [1.807, 2.05) is 59.6 Å². The number of amides is 1. The molecule has 2 atom stereocenters. The van der Waals surface area contributed by atoms with Crippen LogP contribution in [0.1, 0.15) is 27.7 Å². The van der Waals surface area contributed by atoms with Gasteiger partial charge < -0.3 is 14.7 Å². The summed E-state index contributed by atoms with van der Waals surface area (Å²) in [6.45, 7) is 0.245. The van der Waals surface area contributed by atoms with Gasteiger partial charge in [0, 0.05) is 24.9 Å². The minimum atomic E-state index is -0.584. The molecule has 0 radical (unpaired) electrons. The van der Waals surface area contributed by atoms with Crippen LogP contribution in [0, 0.1) is 0 Å². The fourth-order valence-electron chi connectivity index (χ4n) is 4.13. The molecular formula is C22H19N3O4. The van der Waals surface area contributed by atoms with Gasteiger partial charge in [0.05, 0.1) is 0 Å². The number of carbonyl (C=O) groups is 1. The lowest BCUT2D eigenvalue weighted by molar-refractivity contribution is 0.0554. The highest BCUT2D eigenvalue weighted by Gasteiger charge is 2.44. The molecule has 29 heavy (non-hydrogen) atoms. The molecule has 0 aliphatic carbocycles. The van der Waals surface area contributed by atoms with E-state index < -0.39 is 23.3 Å². The summed E-state index contributed by atoms with van der Waals surface area (Å²) in [5.41, 5.74) is 1.31. The van der Waals surface area contributed by atoms with Crippen molar-refractivity contribution in [2.75, 3.05) is 18.7 Å². The van der Waals surface area contributed by atoms with Gasteiger partial charge in [-0.05, 0) is 11.6 Å². The summed E-state index contributed by atoms with van der Waals surface area (Å²) in [6.07, 6.45) is 1.11. The van der Waals surface area contributed by atoms with Crippen LogP contribution in [0.25, 0.3) is 0 Å². The summed E-state index contributed by atoms with van der Waals surface area (Å²) in [4.78, 5) is 26.6. The second kappa shape index (κ2) is 6.41. The first-order valence-corrected chi connectivity index (χ1v) is 9.35. The Kier molecular flexibility index (Phi) is 3.84. The van der Waals surface area contributed by atoms with Crippen LogP contribution in [0.2, 0.25) is 0 Å². The Balaban J connectivity index is 1.82. The summed E-state index contributed by atoms with van der Waals surface area (Å²) in [6, 6.07) is 18.6. The van der Waals surface area contributed by atoms with Gasteiger partial charge in [-0.2, -0.15) is 0 Å². The number of benzene rings is 2. The Hall–Kier alpha value is -3.74. The summed E-state index contributed by atoms with van der Waals surface area (Å²) in [5, 5.41) is 12.4. The quantitative estimate of drug-likeness (QED) is 0.690. The zero-order chi connectivity index (χ0) is 20.1. The maximum atomic E-state index is 13.0. The standard InChI is InChI=1S/C22H19N3O4/c1-23-18-13-29-17-10-6-5-9-15(17)19(14-7-3-2-4-8-14)25(18)24-12-11-16(26)21(27)20(24)22(23)28/h2-12,18-19,27H,13H2,1H3/t18-,19+/m0/s1. The minimum absolute atomic E-state index is 0.0448. The third kappa shape index (κ3) is 2.51. The molecule has 3 heterocycles. The van der Waals surface area contributed by atoms with Crippen LogP contribution in [-0.2, 0) is 0 Å². The molecule has 1 amide bonds. The van der Waals surface area contributed by atoms with E-state index >= 15 is 0 Å². The lowest BCUT2D eigenvalue weighted by Crippen LogP contribution is -2.62. The number of fused-ring (bicyclic) bond motifs is 4. The molecule has 2 aliphatic heterocycles. The molecule has 7 heteroatoms. The van der Waals surface area contributed by atoms with Gasteiger partial charge in [0.25, 0.3) is 5.91 Å². The fraction of sp³-hybridized carbons (Fsp3) is 0.182. The first-order valence-electron chi connectivity index (χ1n) is 9.35. The summed E-state index contributed by atoms with van der Waals surface area (Å²) in [7, 11) is 1.65. The maximum Gasteiger partial charge on any atom is 0.277 e. The van der Waals surface area contributed by atoms with Gasteiger partial charge in [0.1, 0.15) is 18.4 Å². The predicted molar refractivity (Wildman–Crippen MR) is 107 cm³/mol. The zero-order valence-corrected chi connectivity index (χ0v) is 15.7. The highest BCUT2D eigenvalue weighted by molar-refractivity contribution is 5.96. The van der Waals surface area contributed by atoms with Crippen molar-refractivity contribution in [2.45, 2.75) is 12.2 Å². The average molecular weight is 389 g/mol. The molecule has 2 aromatic carbocycles. The Labute approximate surface area is 167 Å². The number of hydrogen-bond donors (Lipinski definition) is 1. The van der Waals surface area contributed by atoms with Crippen LogP contribution in [0.5, 0.6) is 11.5 Å². The molecule has 0 spiro atoms. The van der Waals surface area contributed by atoms with Crippen LogP contribution in [0.4, 0.5) is 0 Å². The largest absolute Gasteiger partial charge is 0.502 e. The van der Waals surface area contributed by atoms with Crippen LogP contribution in [0.3, 0.4) is 0 Å². The van der Waals surface area contributed by atoms with Crippen LogP contribution < -0.4 is 15.2 Å².